The van der Waals surface area contributed by atoms with Gasteiger partial charge in [0, 0.05) is 12.3 Å². The summed E-state index contributed by atoms with van der Waals surface area (Å²) >= 11 is 0. The molecule has 1 N–H and O–H groups in total. The zero-order valence-corrected chi connectivity index (χ0v) is 15.8. The summed E-state index contributed by atoms with van der Waals surface area (Å²) in [7, 11) is -1.40. The van der Waals surface area contributed by atoms with Gasteiger partial charge in [-0.05, 0) is 43.2 Å². The van der Waals surface area contributed by atoms with E-state index in [0.29, 0.717) is 4.90 Å². The number of ether oxygens (including phenoxy) is 1. The van der Waals surface area contributed by atoms with Crippen LogP contribution in [0.25, 0.3) is 0 Å². The first kappa shape index (κ1) is 20.2. The Labute approximate surface area is 158 Å². The van der Waals surface area contributed by atoms with Crippen molar-refractivity contribution < 1.29 is 23.5 Å². The maximum absolute atomic E-state index is 12.2. The molecule has 2 aromatic rings. The van der Waals surface area contributed by atoms with Crippen molar-refractivity contribution in [3.8, 4) is 0 Å². The summed E-state index contributed by atoms with van der Waals surface area (Å²) in [6, 6.07) is 9.06. The first-order valence-corrected chi connectivity index (χ1v) is 9.41. The number of benzene rings is 2. The van der Waals surface area contributed by atoms with Crippen LogP contribution in [0.3, 0.4) is 0 Å². The molecule has 0 unspecified atom stereocenters. The number of hydrogen-bond donors (Lipinski definition) is 1. The van der Waals surface area contributed by atoms with Crippen LogP contribution in [0.15, 0.2) is 41.3 Å². The third kappa shape index (κ3) is 4.98. The summed E-state index contributed by atoms with van der Waals surface area (Å²) in [4.78, 5) is 35.1. The van der Waals surface area contributed by atoms with Gasteiger partial charge in [0.15, 0.2) is 6.61 Å². The normalized spacial score (nSPS) is 11.5. The Kier molecular flexibility index (Phi) is 6.40. The Bertz CT molecular complexity index is 941. The van der Waals surface area contributed by atoms with Crippen LogP contribution in [-0.2, 0) is 20.3 Å². The molecular formula is C18H18N2O6S. The molecule has 0 fully saturated rings. The lowest BCUT2D eigenvalue weighted by Gasteiger charge is -2.10. The quantitative estimate of drug-likeness (QED) is 0.461. The summed E-state index contributed by atoms with van der Waals surface area (Å²) in [5.74, 6) is -1.52. The van der Waals surface area contributed by atoms with Gasteiger partial charge in [-0.1, -0.05) is 12.1 Å². The minimum Gasteiger partial charge on any atom is -0.452 e. The molecule has 2 rings (SSSR count). The Morgan fingerprint density at radius 1 is 1.19 bits per heavy atom. The zero-order valence-electron chi connectivity index (χ0n) is 15.0. The van der Waals surface area contributed by atoms with E-state index >= 15 is 0 Å². The van der Waals surface area contributed by atoms with Crippen molar-refractivity contribution >= 4 is 34.1 Å². The molecule has 0 heterocycles. The fourth-order valence-corrected chi connectivity index (χ4v) is 3.06. The lowest BCUT2D eigenvalue weighted by atomic mass is 10.1. The highest BCUT2D eigenvalue weighted by atomic mass is 32.2. The fraction of sp³-hybridized carbons (Fsp3) is 0.222. The molecule has 142 valence electrons. The van der Waals surface area contributed by atoms with E-state index in [-0.39, 0.29) is 16.9 Å². The summed E-state index contributed by atoms with van der Waals surface area (Å²) in [6.45, 7) is 2.86. The molecule has 2 aromatic carbocycles. The van der Waals surface area contributed by atoms with E-state index in [4.69, 9.17) is 4.74 Å². The number of nitro benzene ring substituents is 1. The third-order valence-corrected chi connectivity index (χ3v) is 4.81. The summed E-state index contributed by atoms with van der Waals surface area (Å²) < 4.78 is 16.6. The van der Waals surface area contributed by atoms with Crippen LogP contribution in [0.2, 0.25) is 0 Å². The van der Waals surface area contributed by atoms with Crippen LogP contribution >= 0.6 is 0 Å². The monoisotopic (exact) mass is 390 g/mol. The zero-order chi connectivity index (χ0) is 20.1. The summed E-state index contributed by atoms with van der Waals surface area (Å²) in [6.07, 6.45) is 1.43. The molecule has 0 spiro atoms. The highest BCUT2D eigenvalue weighted by Gasteiger charge is 2.19. The Morgan fingerprint density at radius 3 is 2.44 bits per heavy atom. The van der Waals surface area contributed by atoms with Crippen LogP contribution < -0.4 is 5.32 Å². The number of nitrogens with zero attached hydrogens (tertiary/aromatic N) is 1. The largest absolute Gasteiger partial charge is 0.452 e. The predicted molar refractivity (Wildman–Crippen MR) is 100 cm³/mol. The minimum atomic E-state index is -1.40. The third-order valence-electron chi connectivity index (χ3n) is 3.83. The molecule has 8 nitrogen and oxygen atoms in total. The fourth-order valence-electron chi connectivity index (χ4n) is 2.33. The van der Waals surface area contributed by atoms with Gasteiger partial charge < -0.3 is 10.1 Å². The molecular weight excluding hydrogens is 372 g/mol. The van der Waals surface area contributed by atoms with Crippen LogP contribution in [0.4, 0.5) is 11.4 Å². The SMILES string of the molecule is Cc1cc(NC(=O)COC(=O)c2ccccc2[S@](C)=O)c([N+](=O)[O-])cc1C. The van der Waals surface area contributed by atoms with Gasteiger partial charge in [0.25, 0.3) is 11.6 Å². The highest BCUT2D eigenvalue weighted by Crippen LogP contribution is 2.27. The van der Waals surface area contributed by atoms with Gasteiger partial charge in [0.05, 0.1) is 26.2 Å². The van der Waals surface area contributed by atoms with E-state index in [1.165, 1.54) is 30.5 Å². The van der Waals surface area contributed by atoms with E-state index < -0.39 is 34.2 Å². The molecule has 0 bridgehead atoms. The maximum Gasteiger partial charge on any atom is 0.339 e. The number of carbonyl (C=O) groups excluding carboxylic acids is 2. The molecule has 0 saturated carbocycles. The molecule has 0 aromatic heterocycles. The van der Waals surface area contributed by atoms with Gasteiger partial charge in [-0.15, -0.1) is 0 Å². The average Bonchev–Trinajstić information content (AvgIpc) is 2.62. The van der Waals surface area contributed by atoms with Crippen molar-refractivity contribution in [2.45, 2.75) is 18.7 Å². The molecule has 0 radical (unpaired) electrons. The average molecular weight is 390 g/mol. The molecule has 0 aliphatic carbocycles. The van der Waals surface area contributed by atoms with Crippen LogP contribution in [-0.4, -0.2) is 33.9 Å². The number of rotatable bonds is 6. The van der Waals surface area contributed by atoms with Crippen molar-refractivity contribution in [1.82, 2.24) is 0 Å². The minimum absolute atomic E-state index is 0.0270. The van der Waals surface area contributed by atoms with Crippen molar-refractivity contribution in [3.05, 3.63) is 63.2 Å². The second-order valence-corrected chi connectivity index (χ2v) is 7.13. The van der Waals surface area contributed by atoms with Crippen LogP contribution in [0, 0.1) is 24.0 Å². The number of carbonyl (C=O) groups is 2. The Balaban J connectivity index is 2.10. The van der Waals surface area contributed by atoms with Crippen molar-refractivity contribution in [3.63, 3.8) is 0 Å². The smallest absolute Gasteiger partial charge is 0.339 e. The standard InChI is InChI=1S/C18H18N2O6S/c1-11-8-14(15(20(23)24)9-12(11)2)19-17(21)10-26-18(22)13-6-4-5-7-16(13)27(3)25/h4-9H,10H2,1-3H3,(H,19,21)/t27-/m0/s1. The topological polar surface area (TPSA) is 116 Å². The molecule has 0 saturated heterocycles. The second-order valence-electron chi connectivity index (χ2n) is 5.79. The van der Waals surface area contributed by atoms with Gasteiger partial charge in [0.2, 0.25) is 0 Å². The van der Waals surface area contributed by atoms with E-state index in [1.54, 1.807) is 26.0 Å². The number of hydrogen-bond acceptors (Lipinski definition) is 6. The molecule has 0 aliphatic heterocycles. The first-order chi connectivity index (χ1) is 12.7. The number of aryl methyl sites for hydroxylation is 2. The number of nitro groups is 1. The van der Waals surface area contributed by atoms with Crippen molar-refractivity contribution in [2.75, 3.05) is 18.2 Å². The van der Waals surface area contributed by atoms with E-state index in [1.807, 2.05) is 0 Å². The highest BCUT2D eigenvalue weighted by molar-refractivity contribution is 7.84. The van der Waals surface area contributed by atoms with Gasteiger partial charge in [-0.2, -0.15) is 0 Å². The van der Waals surface area contributed by atoms with Gasteiger partial charge >= 0.3 is 5.97 Å². The van der Waals surface area contributed by atoms with Gasteiger partial charge in [-0.25, -0.2) is 4.79 Å². The Morgan fingerprint density at radius 2 is 1.81 bits per heavy atom. The lowest BCUT2D eigenvalue weighted by Crippen LogP contribution is -2.22. The van der Waals surface area contributed by atoms with Crippen LogP contribution in [0.5, 0.6) is 0 Å². The molecule has 1 atom stereocenters. The first-order valence-electron chi connectivity index (χ1n) is 7.85. The molecule has 1 amide bonds. The predicted octanol–water partition coefficient (Wildman–Crippen LogP) is 2.74. The molecule has 9 heteroatoms. The number of nitrogens with one attached hydrogen (secondary N) is 1. The second kappa shape index (κ2) is 8.54. The van der Waals surface area contributed by atoms with Gasteiger partial charge in [0.1, 0.15) is 5.69 Å². The van der Waals surface area contributed by atoms with E-state index in [2.05, 4.69) is 5.32 Å². The van der Waals surface area contributed by atoms with Crippen molar-refractivity contribution in [1.29, 1.82) is 0 Å². The van der Waals surface area contributed by atoms with E-state index in [0.717, 1.165) is 11.1 Å². The maximum atomic E-state index is 12.2. The van der Waals surface area contributed by atoms with Crippen molar-refractivity contribution in [2.24, 2.45) is 0 Å². The van der Waals surface area contributed by atoms with Crippen LogP contribution in [0.1, 0.15) is 21.5 Å². The summed E-state index contributed by atoms with van der Waals surface area (Å²) in [5, 5.41) is 13.5. The van der Waals surface area contributed by atoms with E-state index in [9.17, 15) is 23.9 Å². The lowest BCUT2D eigenvalue weighted by molar-refractivity contribution is -0.384. The molecule has 27 heavy (non-hydrogen) atoms. The van der Waals surface area contributed by atoms with Gasteiger partial charge in [-0.3, -0.25) is 19.1 Å². The number of esters is 1. The summed E-state index contributed by atoms with van der Waals surface area (Å²) in [5.41, 5.74) is 1.37. The molecule has 0 aliphatic rings. The Hall–Kier alpha value is -3.07. The number of anilines is 1. The number of amides is 1.